The molecule has 0 aromatic heterocycles. The minimum absolute atomic E-state index is 0.0183. The Morgan fingerprint density at radius 1 is 1.36 bits per heavy atom. The Morgan fingerprint density at radius 2 is 2.09 bits per heavy atom. The predicted octanol–water partition coefficient (Wildman–Crippen LogP) is 2.12. The van der Waals surface area contributed by atoms with Crippen LogP contribution < -0.4 is 0 Å². The molecule has 2 rings (SSSR count). The number of hydrogen-bond acceptors (Lipinski definition) is 4. The number of carbonyl (C=O) groups excluding carboxylic acids is 1. The fraction of sp³-hybridized carbons (Fsp3) is 0.500. The molecular formula is C16H21NO4S. The lowest BCUT2D eigenvalue weighted by molar-refractivity contribution is -0.158. The lowest BCUT2D eigenvalue weighted by Gasteiger charge is -2.39. The minimum Gasteiger partial charge on any atom is -0.481 e. The number of amides is 1. The van der Waals surface area contributed by atoms with E-state index in [0.29, 0.717) is 25.1 Å². The second-order valence-corrected chi connectivity index (χ2v) is 6.59. The molecule has 6 heteroatoms. The Bertz CT molecular complexity index is 518. The van der Waals surface area contributed by atoms with Crippen LogP contribution in [0.3, 0.4) is 0 Å². The van der Waals surface area contributed by atoms with E-state index < -0.39 is 11.4 Å². The first-order valence-corrected chi connectivity index (χ1v) is 8.24. The maximum atomic E-state index is 12.4. The van der Waals surface area contributed by atoms with Gasteiger partial charge in [-0.1, -0.05) is 18.2 Å². The topological polar surface area (TPSA) is 66.8 Å². The third-order valence-electron chi connectivity index (χ3n) is 3.91. The highest BCUT2D eigenvalue weighted by atomic mass is 32.2. The third kappa shape index (κ3) is 4.01. The number of aliphatic carboxylic acids is 1. The second-order valence-electron chi connectivity index (χ2n) is 5.54. The van der Waals surface area contributed by atoms with Gasteiger partial charge in [-0.2, -0.15) is 0 Å². The Kier molecular flexibility index (Phi) is 5.85. The van der Waals surface area contributed by atoms with E-state index in [1.165, 1.54) is 18.9 Å². The van der Waals surface area contributed by atoms with Gasteiger partial charge in [0.25, 0.3) is 0 Å². The van der Waals surface area contributed by atoms with Crippen molar-refractivity contribution in [1.82, 2.24) is 4.90 Å². The van der Waals surface area contributed by atoms with E-state index in [1.807, 2.05) is 30.3 Å². The SMILES string of the molecule is COCC1(C(=O)O)CCCN(C(=O)CSc2ccccc2)C1. The molecule has 0 aliphatic carbocycles. The van der Waals surface area contributed by atoms with E-state index in [4.69, 9.17) is 4.74 Å². The molecule has 1 amide bonds. The normalized spacial score (nSPS) is 21.6. The van der Waals surface area contributed by atoms with E-state index in [0.717, 1.165) is 4.90 Å². The van der Waals surface area contributed by atoms with E-state index >= 15 is 0 Å². The van der Waals surface area contributed by atoms with Crippen molar-refractivity contribution in [3.8, 4) is 0 Å². The van der Waals surface area contributed by atoms with Crippen molar-refractivity contribution in [2.24, 2.45) is 5.41 Å². The zero-order chi connectivity index (χ0) is 16.0. The fourth-order valence-corrected chi connectivity index (χ4v) is 3.55. The van der Waals surface area contributed by atoms with Crippen LogP contribution in [-0.4, -0.2) is 54.4 Å². The first-order chi connectivity index (χ1) is 10.6. The van der Waals surface area contributed by atoms with Gasteiger partial charge in [0.05, 0.1) is 12.4 Å². The standard InChI is InChI=1S/C16H21NO4S/c1-21-12-16(15(19)20)8-5-9-17(11-16)14(18)10-22-13-6-3-2-4-7-13/h2-4,6-7H,5,8-12H2,1H3,(H,19,20). The highest BCUT2D eigenvalue weighted by Gasteiger charge is 2.43. The van der Waals surface area contributed by atoms with Crippen molar-refractivity contribution in [1.29, 1.82) is 0 Å². The van der Waals surface area contributed by atoms with Gasteiger partial charge in [0.15, 0.2) is 0 Å². The lowest BCUT2D eigenvalue weighted by atomic mass is 9.80. The van der Waals surface area contributed by atoms with Crippen LogP contribution in [-0.2, 0) is 14.3 Å². The van der Waals surface area contributed by atoms with Gasteiger partial charge in [-0.15, -0.1) is 11.8 Å². The van der Waals surface area contributed by atoms with Gasteiger partial charge in [-0.3, -0.25) is 9.59 Å². The Labute approximate surface area is 134 Å². The van der Waals surface area contributed by atoms with Gasteiger partial charge in [0.2, 0.25) is 5.91 Å². The van der Waals surface area contributed by atoms with Crippen LogP contribution in [0.5, 0.6) is 0 Å². The highest BCUT2D eigenvalue weighted by molar-refractivity contribution is 8.00. The number of carboxylic acid groups (broad SMARTS) is 1. The molecule has 120 valence electrons. The first-order valence-electron chi connectivity index (χ1n) is 7.25. The molecule has 1 aliphatic rings. The minimum atomic E-state index is -0.972. The summed E-state index contributed by atoms with van der Waals surface area (Å²) in [5.41, 5.74) is -0.972. The summed E-state index contributed by atoms with van der Waals surface area (Å²) in [4.78, 5) is 26.6. The van der Waals surface area contributed by atoms with E-state index in [1.54, 1.807) is 4.90 Å². The largest absolute Gasteiger partial charge is 0.481 e. The van der Waals surface area contributed by atoms with Gasteiger partial charge in [-0.25, -0.2) is 0 Å². The van der Waals surface area contributed by atoms with Crippen molar-refractivity contribution in [2.45, 2.75) is 17.7 Å². The number of benzene rings is 1. The highest BCUT2D eigenvalue weighted by Crippen LogP contribution is 2.31. The monoisotopic (exact) mass is 323 g/mol. The number of piperidine rings is 1. The van der Waals surface area contributed by atoms with Crippen molar-refractivity contribution < 1.29 is 19.4 Å². The van der Waals surface area contributed by atoms with Crippen LogP contribution in [0.4, 0.5) is 0 Å². The summed E-state index contributed by atoms with van der Waals surface area (Å²) >= 11 is 1.47. The van der Waals surface area contributed by atoms with Crippen LogP contribution in [0.2, 0.25) is 0 Å². The molecule has 0 bridgehead atoms. The van der Waals surface area contributed by atoms with Crippen molar-refractivity contribution in [3.05, 3.63) is 30.3 Å². The van der Waals surface area contributed by atoms with E-state index in [2.05, 4.69) is 0 Å². The molecule has 1 unspecified atom stereocenters. The summed E-state index contributed by atoms with van der Waals surface area (Å²) in [6, 6.07) is 9.72. The number of methoxy groups -OCH3 is 1. The molecule has 1 N–H and O–H groups in total. The van der Waals surface area contributed by atoms with Gasteiger partial charge in [-0.05, 0) is 25.0 Å². The Balaban J connectivity index is 1.96. The number of thioether (sulfide) groups is 1. The van der Waals surface area contributed by atoms with Gasteiger partial charge >= 0.3 is 5.97 Å². The maximum absolute atomic E-state index is 12.4. The number of nitrogens with zero attached hydrogens (tertiary/aromatic N) is 1. The molecule has 1 saturated heterocycles. The van der Waals surface area contributed by atoms with Crippen LogP contribution in [0, 0.1) is 5.41 Å². The molecule has 5 nitrogen and oxygen atoms in total. The molecule has 1 atom stereocenters. The molecule has 0 saturated carbocycles. The predicted molar refractivity (Wildman–Crippen MR) is 84.9 cm³/mol. The molecule has 22 heavy (non-hydrogen) atoms. The van der Waals surface area contributed by atoms with Crippen molar-refractivity contribution in [2.75, 3.05) is 32.6 Å². The summed E-state index contributed by atoms with van der Waals surface area (Å²) in [5, 5.41) is 9.50. The molecule has 1 aromatic carbocycles. The Morgan fingerprint density at radius 3 is 2.73 bits per heavy atom. The molecule has 0 spiro atoms. The average Bonchev–Trinajstić information content (AvgIpc) is 2.54. The fourth-order valence-electron chi connectivity index (χ4n) is 2.73. The van der Waals surface area contributed by atoms with Crippen LogP contribution >= 0.6 is 11.8 Å². The molecule has 1 aromatic rings. The zero-order valence-electron chi connectivity index (χ0n) is 12.7. The third-order valence-corrected chi connectivity index (χ3v) is 4.91. The number of likely N-dealkylation sites (tertiary alicyclic amines) is 1. The summed E-state index contributed by atoms with van der Waals surface area (Å²) < 4.78 is 5.08. The van der Waals surface area contributed by atoms with Gasteiger partial charge in [0.1, 0.15) is 5.41 Å². The quantitative estimate of drug-likeness (QED) is 0.812. The molecule has 1 fully saturated rings. The molecule has 1 heterocycles. The maximum Gasteiger partial charge on any atom is 0.313 e. The summed E-state index contributed by atoms with van der Waals surface area (Å²) in [5.74, 6) is -0.579. The van der Waals surface area contributed by atoms with Crippen LogP contribution in [0.1, 0.15) is 12.8 Å². The van der Waals surface area contributed by atoms with E-state index in [-0.39, 0.29) is 19.1 Å². The first kappa shape index (κ1) is 16.8. The smallest absolute Gasteiger partial charge is 0.313 e. The number of carbonyl (C=O) groups is 2. The van der Waals surface area contributed by atoms with Crippen molar-refractivity contribution >= 4 is 23.6 Å². The average molecular weight is 323 g/mol. The van der Waals surface area contributed by atoms with Crippen LogP contribution in [0.25, 0.3) is 0 Å². The molecule has 1 aliphatic heterocycles. The van der Waals surface area contributed by atoms with E-state index in [9.17, 15) is 14.7 Å². The van der Waals surface area contributed by atoms with Gasteiger partial charge < -0.3 is 14.7 Å². The Hall–Kier alpha value is -1.53. The van der Waals surface area contributed by atoms with Crippen LogP contribution in [0.15, 0.2) is 35.2 Å². The second kappa shape index (κ2) is 7.65. The summed E-state index contributed by atoms with van der Waals surface area (Å²) in [7, 11) is 1.50. The molecular weight excluding hydrogens is 302 g/mol. The lowest BCUT2D eigenvalue weighted by Crippen LogP contribution is -2.52. The zero-order valence-corrected chi connectivity index (χ0v) is 13.5. The number of rotatable bonds is 6. The van der Waals surface area contributed by atoms with Gasteiger partial charge in [0, 0.05) is 25.1 Å². The number of ether oxygens (including phenoxy) is 1. The summed E-state index contributed by atoms with van der Waals surface area (Å²) in [6.45, 7) is 0.981. The summed E-state index contributed by atoms with van der Waals surface area (Å²) in [6.07, 6.45) is 1.24. The number of carboxylic acids is 1. The number of hydrogen-bond donors (Lipinski definition) is 1. The molecule has 0 radical (unpaired) electrons. The van der Waals surface area contributed by atoms with Crippen molar-refractivity contribution in [3.63, 3.8) is 0 Å².